The number of benzene rings is 2. The molecule has 0 aliphatic heterocycles. The van der Waals surface area contributed by atoms with Crippen LogP contribution in [0.2, 0.25) is 0 Å². The summed E-state index contributed by atoms with van der Waals surface area (Å²) in [5, 5.41) is 29.5. The van der Waals surface area contributed by atoms with E-state index in [4.69, 9.17) is 4.74 Å². The van der Waals surface area contributed by atoms with Gasteiger partial charge >= 0.3 is 5.91 Å². The molecule has 0 spiro atoms. The van der Waals surface area contributed by atoms with E-state index in [1.807, 2.05) is 25.1 Å². The first-order valence-corrected chi connectivity index (χ1v) is 9.74. The zero-order valence-corrected chi connectivity index (χ0v) is 18.0. The monoisotopic (exact) mass is 424 g/mol. The van der Waals surface area contributed by atoms with Crippen LogP contribution in [0.15, 0.2) is 40.6 Å². The number of nitro benzene ring substituents is 1. The summed E-state index contributed by atoms with van der Waals surface area (Å²) in [6, 6.07) is 8.55. The number of aromatic hydroxyl groups is 1. The van der Waals surface area contributed by atoms with Gasteiger partial charge in [0.15, 0.2) is 12.3 Å². The van der Waals surface area contributed by atoms with E-state index in [0.29, 0.717) is 28.1 Å². The lowest BCUT2D eigenvalue weighted by atomic mass is 10.0. The summed E-state index contributed by atoms with van der Waals surface area (Å²) in [5.74, 6) is 0.0265. The number of amides is 1. The Labute approximate surface area is 179 Å². The number of carbonyl (C=O) groups excluding carboxylic acids is 1. The van der Waals surface area contributed by atoms with E-state index in [2.05, 4.69) is 24.1 Å². The first-order chi connectivity index (χ1) is 14.6. The van der Waals surface area contributed by atoms with E-state index in [-0.39, 0.29) is 23.9 Å². The predicted octanol–water partition coefficient (Wildman–Crippen LogP) is 5.22. The molecule has 0 atom stereocenters. The number of hydrogen-bond donors (Lipinski definition) is 1. The highest BCUT2D eigenvalue weighted by Gasteiger charge is 2.20. The molecule has 0 fully saturated rings. The molecule has 0 unspecified atom stereocenters. The van der Waals surface area contributed by atoms with Crippen molar-refractivity contribution in [3.05, 3.63) is 57.1 Å². The maximum Gasteiger partial charge on any atom is 0.302 e. The summed E-state index contributed by atoms with van der Waals surface area (Å²) in [6.45, 7) is 7.39. The van der Waals surface area contributed by atoms with E-state index < -0.39 is 10.8 Å². The number of ether oxygens (including phenoxy) is 1. The molecule has 0 saturated carbocycles. The van der Waals surface area contributed by atoms with Crippen LogP contribution >= 0.6 is 0 Å². The molecule has 2 aromatic carbocycles. The second-order valence-corrected chi connectivity index (χ2v) is 7.71. The summed E-state index contributed by atoms with van der Waals surface area (Å²) in [6.07, 6.45) is 0. The normalized spacial score (nSPS) is 11.5. The lowest BCUT2D eigenvalue weighted by molar-refractivity contribution is -0.384. The number of azo groups is 1. The zero-order valence-electron chi connectivity index (χ0n) is 18.0. The molecule has 3 rings (SSSR count). The molecule has 0 bridgehead atoms. The van der Waals surface area contributed by atoms with Crippen LogP contribution in [0, 0.1) is 24.0 Å². The van der Waals surface area contributed by atoms with Gasteiger partial charge in [-0.25, -0.2) is 0 Å². The van der Waals surface area contributed by atoms with Gasteiger partial charge in [-0.1, -0.05) is 26.0 Å². The minimum atomic E-state index is -0.645. The van der Waals surface area contributed by atoms with Crippen molar-refractivity contribution < 1.29 is 19.6 Å². The van der Waals surface area contributed by atoms with Gasteiger partial charge in [0, 0.05) is 24.6 Å². The highest BCUT2D eigenvalue weighted by Crippen LogP contribution is 2.41. The maximum atomic E-state index is 12.2. The van der Waals surface area contributed by atoms with Crippen molar-refractivity contribution in [2.75, 3.05) is 6.61 Å². The standard InChI is InChI=1S/C22H24N4O5/c1-12(2)15-7-6-13(3)18(9-15)31-11-19(27)23-24-20-17-10-16(26(29)30)8-14(4)21(17)25(5)22(20)28/h6-10,12,28H,11H2,1-5H3. The molecule has 1 N–H and O–H groups in total. The molecule has 1 heterocycles. The Morgan fingerprint density at radius 2 is 1.94 bits per heavy atom. The number of aryl methyl sites for hydroxylation is 3. The SMILES string of the molecule is Cc1ccc(C(C)C)cc1OCC(=O)N=Nc1c(O)n(C)c2c(C)cc([N+](=O)[O-])cc12. The molecule has 9 nitrogen and oxygen atoms in total. The molecule has 0 saturated heterocycles. The average molecular weight is 424 g/mol. The minimum absolute atomic E-state index is 0.00404. The van der Waals surface area contributed by atoms with Crippen molar-refractivity contribution >= 4 is 28.2 Å². The lowest BCUT2D eigenvalue weighted by Gasteiger charge is -2.11. The Morgan fingerprint density at radius 1 is 1.23 bits per heavy atom. The molecule has 0 aliphatic carbocycles. The largest absolute Gasteiger partial charge is 0.493 e. The third-order valence-electron chi connectivity index (χ3n) is 5.11. The molecule has 3 aromatic rings. The van der Waals surface area contributed by atoms with Crippen LogP contribution in [0.3, 0.4) is 0 Å². The molecule has 0 aliphatic rings. The molecule has 0 radical (unpaired) electrons. The molecular weight excluding hydrogens is 400 g/mol. The number of carbonyl (C=O) groups is 1. The third kappa shape index (κ3) is 4.40. The van der Waals surface area contributed by atoms with Crippen LogP contribution in [-0.2, 0) is 11.8 Å². The highest BCUT2D eigenvalue weighted by atomic mass is 16.6. The summed E-state index contributed by atoms with van der Waals surface area (Å²) < 4.78 is 7.06. The van der Waals surface area contributed by atoms with Gasteiger partial charge in [0.25, 0.3) is 5.69 Å². The number of fused-ring (bicyclic) bond motifs is 1. The topological polar surface area (TPSA) is 119 Å². The van der Waals surface area contributed by atoms with E-state index in [1.54, 1.807) is 14.0 Å². The van der Waals surface area contributed by atoms with Gasteiger partial charge in [0.05, 0.1) is 10.4 Å². The molecule has 1 aromatic heterocycles. The van der Waals surface area contributed by atoms with Crippen molar-refractivity contribution in [3.8, 4) is 11.6 Å². The Kier molecular flexibility index (Phi) is 6.05. The fourth-order valence-electron chi connectivity index (χ4n) is 3.38. The van der Waals surface area contributed by atoms with Crippen LogP contribution < -0.4 is 4.74 Å². The molecule has 1 amide bonds. The number of non-ortho nitro benzene ring substituents is 1. The minimum Gasteiger partial charge on any atom is -0.493 e. The van der Waals surface area contributed by atoms with E-state index in [1.165, 1.54) is 16.7 Å². The van der Waals surface area contributed by atoms with Crippen molar-refractivity contribution in [2.45, 2.75) is 33.6 Å². The van der Waals surface area contributed by atoms with E-state index in [9.17, 15) is 20.0 Å². The van der Waals surface area contributed by atoms with Crippen LogP contribution in [-0.4, -0.2) is 27.1 Å². The van der Waals surface area contributed by atoms with Gasteiger partial charge in [0.1, 0.15) is 5.75 Å². The van der Waals surface area contributed by atoms with Crippen LogP contribution in [0.25, 0.3) is 10.9 Å². The van der Waals surface area contributed by atoms with Crippen molar-refractivity contribution in [2.24, 2.45) is 17.3 Å². The zero-order chi connectivity index (χ0) is 22.9. The van der Waals surface area contributed by atoms with Crippen LogP contribution in [0.1, 0.15) is 36.5 Å². The van der Waals surface area contributed by atoms with E-state index in [0.717, 1.165) is 11.1 Å². The van der Waals surface area contributed by atoms with Gasteiger partial charge in [0.2, 0.25) is 5.88 Å². The fourth-order valence-corrected chi connectivity index (χ4v) is 3.38. The Morgan fingerprint density at radius 3 is 2.58 bits per heavy atom. The summed E-state index contributed by atoms with van der Waals surface area (Å²) in [7, 11) is 1.60. The van der Waals surface area contributed by atoms with E-state index >= 15 is 0 Å². The van der Waals surface area contributed by atoms with Gasteiger partial charge in [-0.3, -0.25) is 14.9 Å². The first-order valence-electron chi connectivity index (χ1n) is 9.74. The van der Waals surface area contributed by atoms with Crippen molar-refractivity contribution in [1.29, 1.82) is 0 Å². The molecule has 9 heteroatoms. The van der Waals surface area contributed by atoms with Gasteiger partial charge in [-0.15, -0.1) is 10.2 Å². The Balaban J connectivity index is 1.85. The fraction of sp³-hybridized carbons (Fsp3) is 0.318. The number of aromatic nitrogens is 1. The molecular formula is C22H24N4O5. The smallest absolute Gasteiger partial charge is 0.302 e. The second kappa shape index (κ2) is 8.55. The van der Waals surface area contributed by atoms with Crippen LogP contribution in [0.4, 0.5) is 11.4 Å². The second-order valence-electron chi connectivity index (χ2n) is 7.71. The summed E-state index contributed by atoms with van der Waals surface area (Å²) in [5.41, 5.74) is 3.01. The lowest BCUT2D eigenvalue weighted by Crippen LogP contribution is -2.09. The number of nitro groups is 1. The molecule has 31 heavy (non-hydrogen) atoms. The van der Waals surface area contributed by atoms with Crippen LogP contribution in [0.5, 0.6) is 11.6 Å². The maximum absolute atomic E-state index is 12.2. The Hall–Kier alpha value is -3.75. The predicted molar refractivity (Wildman–Crippen MR) is 116 cm³/mol. The third-order valence-corrected chi connectivity index (χ3v) is 5.11. The quantitative estimate of drug-likeness (QED) is 0.330. The van der Waals surface area contributed by atoms with Crippen molar-refractivity contribution in [3.63, 3.8) is 0 Å². The number of nitrogens with zero attached hydrogens (tertiary/aromatic N) is 4. The average Bonchev–Trinajstić information content (AvgIpc) is 2.95. The van der Waals surface area contributed by atoms with Gasteiger partial charge in [-0.05, 0) is 42.5 Å². The van der Waals surface area contributed by atoms with Gasteiger partial charge < -0.3 is 14.4 Å². The van der Waals surface area contributed by atoms with Gasteiger partial charge in [-0.2, -0.15) is 0 Å². The van der Waals surface area contributed by atoms with Crippen molar-refractivity contribution in [1.82, 2.24) is 4.57 Å². The summed E-state index contributed by atoms with van der Waals surface area (Å²) >= 11 is 0. The number of rotatable bonds is 6. The summed E-state index contributed by atoms with van der Waals surface area (Å²) in [4.78, 5) is 22.9. The Bertz CT molecular complexity index is 1210. The molecule has 162 valence electrons. The first kappa shape index (κ1) is 21.9. The highest BCUT2D eigenvalue weighted by molar-refractivity contribution is 5.98. The number of hydrogen-bond acceptors (Lipinski definition) is 6.